The van der Waals surface area contributed by atoms with Crippen LogP contribution in [0, 0.1) is 41.4 Å². The van der Waals surface area contributed by atoms with Gasteiger partial charge in [-0.25, -0.2) is 4.79 Å². The maximum absolute atomic E-state index is 14.5. The van der Waals surface area contributed by atoms with Crippen LogP contribution in [0.2, 0.25) is 0 Å². The molecule has 2 aliphatic heterocycles. The highest BCUT2D eigenvalue weighted by molar-refractivity contribution is 5.99. The normalized spacial score (nSPS) is 18.0. The number of hydrogen-bond donors (Lipinski definition) is 8. The van der Waals surface area contributed by atoms with Crippen LogP contribution in [0.1, 0.15) is 159 Å². The van der Waals surface area contributed by atoms with Crippen LogP contribution in [0.4, 0.5) is 10.5 Å². The molecule has 0 spiro atoms. The molecule has 2 aliphatic rings. The zero-order valence-corrected chi connectivity index (χ0v) is 57.1. The van der Waals surface area contributed by atoms with Gasteiger partial charge in [0.15, 0.2) is 0 Å². The minimum atomic E-state index is -1.10. The Kier molecular flexibility index (Phi) is 33.4. The van der Waals surface area contributed by atoms with Gasteiger partial charge in [-0.2, -0.15) is 0 Å². The van der Waals surface area contributed by atoms with E-state index in [9.17, 15) is 47.9 Å². The fourth-order valence-electron chi connectivity index (χ4n) is 12.8. The first-order chi connectivity index (χ1) is 42.5. The van der Waals surface area contributed by atoms with E-state index in [1.807, 2.05) is 74.4 Å². The van der Waals surface area contributed by atoms with Crippen molar-refractivity contribution < 1.29 is 57.4 Å². The molecule has 510 valence electrons. The molecule has 1 aromatic carbocycles. The molecule has 90 heavy (non-hydrogen) atoms. The van der Waals surface area contributed by atoms with Crippen molar-refractivity contribution in [3.8, 4) is 0 Å². The summed E-state index contributed by atoms with van der Waals surface area (Å²) in [5.74, 6) is -4.04. The number of carbonyl (C=O) groups is 10. The monoisotopic (exact) mass is 1270 g/mol. The summed E-state index contributed by atoms with van der Waals surface area (Å²) in [5, 5.41) is 17.0. The van der Waals surface area contributed by atoms with Crippen LogP contribution in [0.25, 0.3) is 0 Å². The van der Waals surface area contributed by atoms with E-state index in [2.05, 4.69) is 31.9 Å². The molecule has 2 heterocycles. The Balaban J connectivity index is 1.67. The second-order valence-corrected chi connectivity index (χ2v) is 26.2. The first-order valence-electron chi connectivity index (χ1n) is 32.9. The second kappa shape index (κ2) is 38.6. The molecule has 0 saturated carbocycles. The standard InChI is InChI=1S/C66H114N12O12/c1-17-42(10)58(76(14)65(87)56(40(6)7)74-64(86)57(41(8)9)75(12)13)51(89-15)37-54(81)78-33-21-23-50(78)60(90-16)43(11)61(83)71-48(38-67)36-44-24-26-47(27-25-44)70-62(84)49(22-20-32-69-66(68)88)72-63(85)55(39(4)5)73-52(79)28-29-53(80)77-34-30-46(31-35-77)59(82)45(18-2)19-3/h24-27,39-43,45-46,48-51,55-58,60H,17-23,28-38,67H2,1-16H3,(H,70,84)(H,71,83)(H,72,85)(H,73,79)(H,74,86)(H3,68,69,88)/t42-,43+,48-,49-,50-,51+,55?,56-,57?,58-,60+/m0/s1. The molecule has 2 saturated heterocycles. The van der Waals surface area contributed by atoms with Gasteiger partial charge in [0.25, 0.3) is 0 Å². The number of amides is 10. The zero-order valence-electron chi connectivity index (χ0n) is 57.1. The average Bonchev–Trinajstić information content (AvgIpc) is 1.89. The van der Waals surface area contributed by atoms with Gasteiger partial charge < -0.3 is 67.5 Å². The summed E-state index contributed by atoms with van der Waals surface area (Å²) in [6.07, 6.45) is 3.85. The Morgan fingerprint density at radius 1 is 0.689 bits per heavy atom. The summed E-state index contributed by atoms with van der Waals surface area (Å²) < 4.78 is 12.1. The lowest BCUT2D eigenvalue weighted by Crippen LogP contribution is -2.59. The molecule has 0 aromatic heterocycles. The molecule has 0 radical (unpaired) electrons. The number of nitrogens with zero attached hydrogens (tertiary/aromatic N) is 4. The van der Waals surface area contributed by atoms with Crippen LogP contribution < -0.4 is 43.4 Å². The lowest BCUT2D eigenvalue weighted by molar-refractivity contribution is -0.148. The van der Waals surface area contributed by atoms with E-state index in [0.717, 1.165) is 18.4 Å². The minimum Gasteiger partial charge on any atom is -0.379 e. The third-order valence-corrected chi connectivity index (χ3v) is 18.4. The van der Waals surface area contributed by atoms with E-state index in [1.165, 1.54) is 14.2 Å². The third kappa shape index (κ3) is 23.2. The quantitative estimate of drug-likeness (QED) is 0.0427. The second-order valence-electron chi connectivity index (χ2n) is 26.2. The van der Waals surface area contributed by atoms with Gasteiger partial charge >= 0.3 is 6.03 Å². The summed E-state index contributed by atoms with van der Waals surface area (Å²) in [6.45, 7) is 22.6. The number of Topliss-reactive ketones (excluding diaryl/α,β-unsaturated/α-hetero) is 1. The fraction of sp³-hybridized carbons (Fsp3) is 0.758. The highest BCUT2D eigenvalue weighted by Gasteiger charge is 2.44. The Labute approximate surface area is 536 Å². The smallest absolute Gasteiger partial charge is 0.312 e. The molecule has 24 nitrogen and oxygen atoms in total. The number of nitrogens with two attached hydrogens (primary N) is 2. The number of urea groups is 1. The molecule has 1 aromatic rings. The lowest BCUT2D eigenvalue weighted by Gasteiger charge is -2.41. The number of rotatable bonds is 38. The predicted octanol–water partition coefficient (Wildman–Crippen LogP) is 4.36. The molecule has 0 aliphatic carbocycles. The fourth-order valence-corrected chi connectivity index (χ4v) is 12.8. The van der Waals surface area contributed by atoms with Crippen LogP contribution in [0.15, 0.2) is 24.3 Å². The van der Waals surface area contributed by atoms with Gasteiger partial charge in [-0.05, 0) is 113 Å². The van der Waals surface area contributed by atoms with Gasteiger partial charge in [-0.1, -0.05) is 94.7 Å². The van der Waals surface area contributed by atoms with Gasteiger partial charge in [-0.15, -0.1) is 0 Å². The van der Waals surface area contributed by atoms with Gasteiger partial charge in [0.2, 0.25) is 47.3 Å². The summed E-state index contributed by atoms with van der Waals surface area (Å²) in [6, 6.07) is 1.36. The van der Waals surface area contributed by atoms with E-state index in [-0.39, 0.29) is 110 Å². The highest BCUT2D eigenvalue weighted by atomic mass is 16.5. The molecule has 11 atom stereocenters. The number of primary amides is 1. The summed E-state index contributed by atoms with van der Waals surface area (Å²) in [5.41, 5.74) is 12.7. The van der Waals surface area contributed by atoms with Gasteiger partial charge in [-0.3, -0.25) is 48.1 Å². The summed E-state index contributed by atoms with van der Waals surface area (Å²) in [7, 11) is 8.46. The first-order valence-corrected chi connectivity index (χ1v) is 32.9. The van der Waals surface area contributed by atoms with E-state index in [0.29, 0.717) is 63.8 Å². The Morgan fingerprint density at radius 3 is 1.83 bits per heavy atom. The van der Waals surface area contributed by atoms with Crippen molar-refractivity contribution in [3.63, 3.8) is 0 Å². The van der Waals surface area contributed by atoms with Crippen LogP contribution >= 0.6 is 0 Å². The van der Waals surface area contributed by atoms with E-state index >= 15 is 0 Å². The number of carbonyl (C=O) groups excluding carboxylic acids is 10. The summed E-state index contributed by atoms with van der Waals surface area (Å²) >= 11 is 0. The van der Waals surface area contributed by atoms with Crippen molar-refractivity contribution in [2.45, 2.75) is 214 Å². The number of ketones is 1. The van der Waals surface area contributed by atoms with E-state index in [1.54, 1.807) is 66.8 Å². The lowest BCUT2D eigenvalue weighted by atomic mass is 9.83. The molecule has 2 fully saturated rings. The maximum atomic E-state index is 14.5. The number of benzene rings is 1. The van der Waals surface area contributed by atoms with Gasteiger partial charge in [0, 0.05) is 90.4 Å². The summed E-state index contributed by atoms with van der Waals surface area (Å²) in [4.78, 5) is 142. The Bertz CT molecular complexity index is 2480. The number of likely N-dealkylation sites (tertiary alicyclic amines) is 2. The minimum absolute atomic E-state index is 0.00593. The van der Waals surface area contributed by atoms with Crippen molar-refractivity contribution in [2.75, 3.05) is 73.4 Å². The van der Waals surface area contributed by atoms with Crippen LogP contribution in [-0.4, -0.2) is 201 Å². The number of anilines is 1. The third-order valence-electron chi connectivity index (χ3n) is 18.4. The maximum Gasteiger partial charge on any atom is 0.312 e. The molecule has 10 N–H and O–H groups in total. The highest BCUT2D eigenvalue weighted by Crippen LogP contribution is 2.31. The van der Waals surface area contributed by atoms with Gasteiger partial charge in [0.1, 0.15) is 23.9 Å². The molecule has 3 rings (SSSR count). The van der Waals surface area contributed by atoms with E-state index in [4.69, 9.17) is 20.9 Å². The molecule has 0 bridgehead atoms. The predicted molar refractivity (Wildman–Crippen MR) is 348 cm³/mol. The SMILES string of the molecule is CCC(CC)C(=O)C1CCN(C(=O)CCC(=O)NC(C(=O)N[C@@H](CCCNC(N)=O)C(=O)Nc2ccc(C[C@@H](CN)NC(=O)[C@H](C)[C@@H](OC)[C@@H]3CCCN3C(=O)C[C@@H](OC)[C@H]([C@@H](C)CC)N(C)C(=O)[C@@H](NC(=O)C(C(C)C)N(C)C)C(C)C)cc2)C(C)C)CC1. The molecular weight excluding hydrogens is 1150 g/mol. The number of piperidine rings is 1. The Morgan fingerprint density at radius 2 is 1.31 bits per heavy atom. The number of methoxy groups -OCH3 is 2. The topological polar surface area (TPSA) is 326 Å². The van der Waals surface area contributed by atoms with Crippen molar-refractivity contribution >= 4 is 64.8 Å². The number of likely N-dealkylation sites (N-methyl/N-ethyl adjacent to an activating group) is 2. The number of hydrogen-bond acceptors (Lipinski definition) is 14. The van der Waals surface area contributed by atoms with E-state index < -0.39 is 90.1 Å². The molecule has 10 amide bonds. The van der Waals surface area contributed by atoms with Crippen molar-refractivity contribution in [2.24, 2.45) is 52.9 Å². The average molecular weight is 1270 g/mol. The van der Waals surface area contributed by atoms with Crippen molar-refractivity contribution in [1.82, 2.24) is 46.2 Å². The first kappa shape index (κ1) is 78.0. The van der Waals surface area contributed by atoms with Crippen molar-refractivity contribution in [1.29, 1.82) is 0 Å². The molecule has 24 heteroatoms. The van der Waals surface area contributed by atoms with Crippen LogP contribution in [0.3, 0.4) is 0 Å². The Hall–Kier alpha value is -6.24. The molecule has 2 unspecified atom stereocenters. The van der Waals surface area contributed by atoms with Crippen LogP contribution in [-0.2, 0) is 59.0 Å². The number of nitrogens with one attached hydrogen (secondary N) is 6. The molecular formula is C66H114N12O12. The van der Waals surface area contributed by atoms with Crippen molar-refractivity contribution in [3.05, 3.63) is 29.8 Å². The van der Waals surface area contributed by atoms with Gasteiger partial charge in [0.05, 0.1) is 42.7 Å². The zero-order chi connectivity index (χ0) is 67.7. The number of ether oxygens (including phenoxy) is 2. The van der Waals surface area contributed by atoms with Crippen LogP contribution in [0.5, 0.6) is 0 Å². The largest absolute Gasteiger partial charge is 0.379 e.